The molecule has 96 valence electrons. The molecule has 2 aliphatic rings. The summed E-state index contributed by atoms with van der Waals surface area (Å²) in [5, 5.41) is 15.4. The number of carbonyl (C=O) groups is 1. The zero-order valence-electron chi connectivity index (χ0n) is 10.3. The molecular weight excluding hydrogens is 228 g/mol. The zero-order valence-corrected chi connectivity index (χ0v) is 10.3. The third-order valence-electron chi connectivity index (χ3n) is 4.02. The number of amides is 1. The quantitative estimate of drug-likeness (QED) is 0.736. The van der Waals surface area contributed by atoms with Crippen molar-refractivity contribution in [2.75, 3.05) is 13.2 Å². The molecule has 0 saturated heterocycles. The van der Waals surface area contributed by atoms with Gasteiger partial charge in [0.05, 0.1) is 6.61 Å². The van der Waals surface area contributed by atoms with Crippen LogP contribution in [0.15, 0.2) is 18.2 Å². The predicted molar refractivity (Wildman–Crippen MR) is 68.1 cm³/mol. The van der Waals surface area contributed by atoms with Gasteiger partial charge < -0.3 is 15.7 Å². The lowest BCUT2D eigenvalue weighted by Crippen LogP contribution is -2.31. The first kappa shape index (κ1) is 11.7. The van der Waals surface area contributed by atoms with Crippen molar-refractivity contribution in [1.29, 1.82) is 0 Å². The highest BCUT2D eigenvalue weighted by atomic mass is 16.3. The van der Waals surface area contributed by atoms with E-state index >= 15 is 0 Å². The number of hydrogen-bond donors (Lipinski definition) is 3. The Bertz CT molecular complexity index is 481. The number of benzene rings is 1. The van der Waals surface area contributed by atoms with Crippen molar-refractivity contribution >= 4 is 5.91 Å². The van der Waals surface area contributed by atoms with Gasteiger partial charge in [0.1, 0.15) is 0 Å². The number of nitrogens with one attached hydrogen (secondary N) is 2. The molecule has 1 aliphatic carbocycles. The predicted octanol–water partition coefficient (Wildman–Crippen LogP) is 0.792. The second kappa shape index (κ2) is 4.37. The van der Waals surface area contributed by atoms with Gasteiger partial charge in [-0.1, -0.05) is 6.07 Å². The highest BCUT2D eigenvalue weighted by molar-refractivity contribution is 5.94. The molecule has 1 fully saturated rings. The maximum absolute atomic E-state index is 12.0. The Morgan fingerprint density at radius 3 is 2.83 bits per heavy atom. The number of aliphatic hydroxyl groups is 1. The van der Waals surface area contributed by atoms with E-state index in [-0.39, 0.29) is 17.9 Å². The first-order chi connectivity index (χ1) is 8.72. The third kappa shape index (κ3) is 2.13. The van der Waals surface area contributed by atoms with E-state index in [9.17, 15) is 9.90 Å². The SMILES string of the molecule is O=C(NCC1(CO)CC1)c1ccc2c(c1)CNC2. The Hall–Kier alpha value is -1.39. The minimum absolute atomic E-state index is 0.0338. The molecule has 3 N–H and O–H groups in total. The Morgan fingerprint density at radius 1 is 1.33 bits per heavy atom. The molecule has 0 spiro atoms. The van der Waals surface area contributed by atoms with Crippen LogP contribution in [-0.4, -0.2) is 24.2 Å². The van der Waals surface area contributed by atoms with Crippen molar-refractivity contribution in [3.05, 3.63) is 34.9 Å². The van der Waals surface area contributed by atoms with E-state index in [1.807, 2.05) is 18.2 Å². The molecular formula is C14H18N2O2. The molecule has 1 aromatic rings. The van der Waals surface area contributed by atoms with E-state index < -0.39 is 0 Å². The lowest BCUT2D eigenvalue weighted by molar-refractivity contribution is 0.0935. The summed E-state index contributed by atoms with van der Waals surface area (Å²) in [4.78, 5) is 12.0. The van der Waals surface area contributed by atoms with E-state index in [0.717, 1.165) is 25.9 Å². The van der Waals surface area contributed by atoms with Gasteiger partial charge in [0.25, 0.3) is 5.91 Å². The first-order valence-electron chi connectivity index (χ1n) is 6.44. The number of fused-ring (bicyclic) bond motifs is 1. The van der Waals surface area contributed by atoms with Crippen LogP contribution in [0.25, 0.3) is 0 Å². The van der Waals surface area contributed by atoms with Crippen LogP contribution >= 0.6 is 0 Å². The van der Waals surface area contributed by atoms with E-state index in [4.69, 9.17) is 0 Å². The molecule has 1 amide bonds. The summed E-state index contributed by atoms with van der Waals surface area (Å²) < 4.78 is 0. The number of rotatable bonds is 4. The fraction of sp³-hybridized carbons (Fsp3) is 0.500. The molecule has 1 saturated carbocycles. The fourth-order valence-electron chi connectivity index (χ4n) is 2.37. The maximum Gasteiger partial charge on any atom is 0.251 e. The van der Waals surface area contributed by atoms with Gasteiger partial charge >= 0.3 is 0 Å². The molecule has 0 unspecified atom stereocenters. The van der Waals surface area contributed by atoms with Gasteiger partial charge in [-0.05, 0) is 36.1 Å². The Labute approximate surface area is 106 Å². The summed E-state index contributed by atoms with van der Waals surface area (Å²) in [7, 11) is 0. The largest absolute Gasteiger partial charge is 0.396 e. The molecule has 0 radical (unpaired) electrons. The van der Waals surface area contributed by atoms with Crippen LogP contribution in [-0.2, 0) is 13.1 Å². The summed E-state index contributed by atoms with van der Waals surface area (Å²) in [6.45, 7) is 2.49. The highest BCUT2D eigenvalue weighted by Gasteiger charge is 2.42. The van der Waals surface area contributed by atoms with Crippen LogP contribution in [0, 0.1) is 5.41 Å². The second-order valence-electron chi connectivity index (χ2n) is 5.43. The maximum atomic E-state index is 12.0. The summed E-state index contributed by atoms with van der Waals surface area (Å²) >= 11 is 0. The average molecular weight is 246 g/mol. The average Bonchev–Trinajstić information content (AvgIpc) is 3.04. The van der Waals surface area contributed by atoms with Crippen molar-refractivity contribution in [3.8, 4) is 0 Å². The first-order valence-corrected chi connectivity index (χ1v) is 6.44. The van der Waals surface area contributed by atoms with Crippen LogP contribution in [0.4, 0.5) is 0 Å². The van der Waals surface area contributed by atoms with Crippen LogP contribution < -0.4 is 10.6 Å². The Kier molecular flexibility index (Phi) is 2.84. The highest BCUT2D eigenvalue weighted by Crippen LogP contribution is 2.44. The molecule has 4 nitrogen and oxygen atoms in total. The normalized spacial score (nSPS) is 19.4. The van der Waals surface area contributed by atoms with Crippen LogP contribution in [0.1, 0.15) is 34.3 Å². The Morgan fingerprint density at radius 2 is 2.11 bits per heavy atom. The van der Waals surface area contributed by atoms with Gasteiger partial charge in [-0.3, -0.25) is 4.79 Å². The number of carbonyl (C=O) groups excluding carboxylic acids is 1. The topological polar surface area (TPSA) is 61.4 Å². The van der Waals surface area contributed by atoms with Gasteiger partial charge in [0, 0.05) is 30.6 Å². The molecule has 0 atom stereocenters. The molecule has 3 rings (SSSR count). The molecule has 0 aromatic heterocycles. The van der Waals surface area contributed by atoms with Crippen molar-refractivity contribution < 1.29 is 9.90 Å². The third-order valence-corrected chi connectivity index (χ3v) is 4.02. The molecule has 1 aliphatic heterocycles. The van der Waals surface area contributed by atoms with Crippen molar-refractivity contribution in [3.63, 3.8) is 0 Å². The van der Waals surface area contributed by atoms with Gasteiger partial charge in [0.15, 0.2) is 0 Å². The van der Waals surface area contributed by atoms with Crippen molar-refractivity contribution in [2.45, 2.75) is 25.9 Å². The Balaban J connectivity index is 1.65. The van der Waals surface area contributed by atoms with Crippen molar-refractivity contribution in [2.24, 2.45) is 5.41 Å². The van der Waals surface area contributed by atoms with E-state index in [1.54, 1.807) is 0 Å². The summed E-state index contributed by atoms with van der Waals surface area (Å²) in [5.74, 6) is -0.0376. The summed E-state index contributed by atoms with van der Waals surface area (Å²) in [6, 6.07) is 5.85. The fourth-order valence-corrected chi connectivity index (χ4v) is 2.37. The van der Waals surface area contributed by atoms with Gasteiger partial charge in [-0.25, -0.2) is 0 Å². The second-order valence-corrected chi connectivity index (χ2v) is 5.43. The van der Waals surface area contributed by atoms with Crippen LogP contribution in [0.3, 0.4) is 0 Å². The van der Waals surface area contributed by atoms with Crippen molar-refractivity contribution in [1.82, 2.24) is 10.6 Å². The van der Waals surface area contributed by atoms with Gasteiger partial charge in [0.2, 0.25) is 0 Å². The summed E-state index contributed by atoms with van der Waals surface area (Å²) in [6.07, 6.45) is 2.02. The smallest absolute Gasteiger partial charge is 0.251 e. The lowest BCUT2D eigenvalue weighted by atomic mass is 10.1. The van der Waals surface area contributed by atoms with E-state index in [2.05, 4.69) is 10.6 Å². The lowest BCUT2D eigenvalue weighted by Gasteiger charge is -2.13. The molecule has 18 heavy (non-hydrogen) atoms. The monoisotopic (exact) mass is 246 g/mol. The van der Waals surface area contributed by atoms with E-state index in [1.165, 1.54) is 11.1 Å². The van der Waals surface area contributed by atoms with Crippen LogP contribution in [0.5, 0.6) is 0 Å². The zero-order chi connectivity index (χ0) is 12.6. The summed E-state index contributed by atoms with van der Waals surface area (Å²) in [5.41, 5.74) is 3.17. The van der Waals surface area contributed by atoms with E-state index in [0.29, 0.717) is 12.1 Å². The molecule has 0 bridgehead atoms. The van der Waals surface area contributed by atoms with Crippen LogP contribution in [0.2, 0.25) is 0 Å². The van der Waals surface area contributed by atoms with Gasteiger partial charge in [-0.2, -0.15) is 0 Å². The van der Waals surface area contributed by atoms with Gasteiger partial charge in [-0.15, -0.1) is 0 Å². The standard InChI is InChI=1S/C14H18N2O2/c17-9-14(3-4-14)8-16-13(18)10-1-2-11-6-15-7-12(11)5-10/h1-2,5,15,17H,3-4,6-9H2,(H,16,18). The number of hydrogen-bond acceptors (Lipinski definition) is 3. The molecule has 1 heterocycles. The minimum atomic E-state index is -0.0376. The number of aliphatic hydroxyl groups excluding tert-OH is 1. The molecule has 1 aromatic carbocycles. The molecule has 4 heteroatoms. The minimum Gasteiger partial charge on any atom is -0.396 e.